The first kappa shape index (κ1) is 12.1. The third-order valence-corrected chi connectivity index (χ3v) is 2.74. The third kappa shape index (κ3) is 6.19. The molecule has 1 aromatic heterocycles. The first-order valence-electron chi connectivity index (χ1n) is 5.12. The molecule has 0 aliphatic carbocycles. The Morgan fingerprint density at radius 2 is 2.33 bits per heavy atom. The minimum atomic E-state index is 0.0396. The molecule has 4 nitrogen and oxygen atoms in total. The fourth-order valence-electron chi connectivity index (χ4n) is 1.17. The number of carbonyl (C=O) groups excluding carboxylic acids is 1. The molecule has 0 fully saturated rings. The Morgan fingerprint density at radius 3 is 3.00 bits per heavy atom. The van der Waals surface area contributed by atoms with E-state index in [0.29, 0.717) is 0 Å². The minimum Gasteiger partial charge on any atom is -0.356 e. The summed E-state index contributed by atoms with van der Waals surface area (Å²) in [4.78, 5) is 14.7. The number of aromatic nitrogens is 1. The fraction of sp³-hybridized carbons (Fsp3) is 0.600. The molecule has 15 heavy (non-hydrogen) atoms. The molecule has 2 N–H and O–H groups in total. The number of rotatable bonds is 7. The van der Waals surface area contributed by atoms with Crippen LogP contribution in [0.3, 0.4) is 0 Å². The van der Waals surface area contributed by atoms with Gasteiger partial charge in [0.15, 0.2) is 0 Å². The Kier molecular flexibility index (Phi) is 5.96. The molecule has 0 aromatic carbocycles. The number of thiazole rings is 1. The molecule has 1 rings (SSSR count). The summed E-state index contributed by atoms with van der Waals surface area (Å²) in [6, 6.07) is 0. The Labute approximate surface area is 94.1 Å². The first-order chi connectivity index (χ1) is 7.29. The van der Waals surface area contributed by atoms with Gasteiger partial charge in [0.25, 0.3) is 0 Å². The van der Waals surface area contributed by atoms with Gasteiger partial charge in [-0.3, -0.25) is 4.79 Å². The van der Waals surface area contributed by atoms with E-state index in [1.165, 1.54) is 11.9 Å². The third-order valence-electron chi connectivity index (χ3n) is 1.90. The smallest absolute Gasteiger partial charge is 0.216 e. The highest BCUT2D eigenvalue weighted by molar-refractivity contribution is 7.09. The van der Waals surface area contributed by atoms with Crippen LogP contribution in [-0.2, 0) is 11.2 Å². The van der Waals surface area contributed by atoms with Crippen LogP contribution in [0.15, 0.2) is 11.6 Å². The van der Waals surface area contributed by atoms with Crippen molar-refractivity contribution in [3.8, 4) is 0 Å². The molecule has 0 unspecified atom stereocenters. The van der Waals surface area contributed by atoms with Gasteiger partial charge in [-0.15, -0.1) is 11.3 Å². The number of hydrogen-bond donors (Lipinski definition) is 2. The van der Waals surface area contributed by atoms with Crippen LogP contribution in [0.5, 0.6) is 0 Å². The van der Waals surface area contributed by atoms with E-state index >= 15 is 0 Å². The summed E-state index contributed by atoms with van der Waals surface area (Å²) in [5.74, 6) is 0.0396. The van der Waals surface area contributed by atoms with Crippen molar-refractivity contribution < 1.29 is 4.79 Å². The van der Waals surface area contributed by atoms with Gasteiger partial charge in [-0.05, 0) is 13.0 Å². The van der Waals surface area contributed by atoms with Crippen molar-refractivity contribution in [3.05, 3.63) is 16.6 Å². The Hall–Kier alpha value is -0.940. The molecule has 0 bridgehead atoms. The van der Waals surface area contributed by atoms with Crippen molar-refractivity contribution in [1.82, 2.24) is 15.6 Å². The second-order valence-electron chi connectivity index (χ2n) is 3.26. The molecule has 0 spiro atoms. The second kappa shape index (κ2) is 7.36. The van der Waals surface area contributed by atoms with Crippen LogP contribution in [0.2, 0.25) is 0 Å². The molecule has 1 aromatic rings. The summed E-state index contributed by atoms with van der Waals surface area (Å²) in [7, 11) is 0. The van der Waals surface area contributed by atoms with E-state index in [1.807, 2.05) is 11.6 Å². The summed E-state index contributed by atoms with van der Waals surface area (Å²) in [5.41, 5.74) is 0. The van der Waals surface area contributed by atoms with Crippen LogP contribution in [0.4, 0.5) is 0 Å². The standard InChI is InChI=1S/C10H17N3OS/c1-9(14)12-5-2-4-11-6-3-10-13-7-8-15-10/h7-8,11H,2-6H2,1H3,(H,12,14). The van der Waals surface area contributed by atoms with Gasteiger partial charge in [0.1, 0.15) is 0 Å². The summed E-state index contributed by atoms with van der Waals surface area (Å²) in [5, 5.41) is 9.24. The predicted octanol–water partition coefficient (Wildman–Crippen LogP) is 0.801. The zero-order valence-electron chi connectivity index (χ0n) is 8.95. The molecule has 1 amide bonds. The van der Waals surface area contributed by atoms with Gasteiger partial charge in [0.2, 0.25) is 5.91 Å². The van der Waals surface area contributed by atoms with Crippen molar-refractivity contribution in [1.29, 1.82) is 0 Å². The molecule has 0 saturated carbocycles. The summed E-state index contributed by atoms with van der Waals surface area (Å²) >= 11 is 1.69. The summed E-state index contributed by atoms with van der Waals surface area (Å²) in [6.45, 7) is 4.18. The number of nitrogens with zero attached hydrogens (tertiary/aromatic N) is 1. The normalized spacial score (nSPS) is 10.2. The molecular weight excluding hydrogens is 210 g/mol. The zero-order chi connectivity index (χ0) is 10.9. The lowest BCUT2D eigenvalue weighted by Crippen LogP contribution is -2.26. The Balaban J connectivity index is 1.87. The second-order valence-corrected chi connectivity index (χ2v) is 4.24. The van der Waals surface area contributed by atoms with Crippen LogP contribution in [0, 0.1) is 0 Å². The lowest BCUT2D eigenvalue weighted by atomic mass is 10.4. The lowest BCUT2D eigenvalue weighted by Gasteiger charge is -2.03. The molecule has 5 heteroatoms. The quantitative estimate of drug-likeness (QED) is 0.678. The van der Waals surface area contributed by atoms with E-state index in [1.54, 1.807) is 11.3 Å². The molecule has 1 heterocycles. The number of nitrogens with one attached hydrogen (secondary N) is 2. The zero-order valence-corrected chi connectivity index (χ0v) is 9.77. The highest BCUT2D eigenvalue weighted by Crippen LogP contribution is 2.03. The first-order valence-corrected chi connectivity index (χ1v) is 6.00. The average molecular weight is 227 g/mol. The SMILES string of the molecule is CC(=O)NCCCNCCc1nccs1. The van der Waals surface area contributed by atoms with Gasteiger partial charge in [-0.2, -0.15) is 0 Å². The van der Waals surface area contributed by atoms with Crippen LogP contribution >= 0.6 is 11.3 Å². The molecule has 0 saturated heterocycles. The van der Waals surface area contributed by atoms with Crippen molar-refractivity contribution in [2.24, 2.45) is 0 Å². The van der Waals surface area contributed by atoms with Gasteiger partial charge < -0.3 is 10.6 Å². The van der Waals surface area contributed by atoms with Crippen LogP contribution in [0.25, 0.3) is 0 Å². The monoisotopic (exact) mass is 227 g/mol. The molecule has 84 valence electrons. The van der Waals surface area contributed by atoms with E-state index in [2.05, 4.69) is 15.6 Å². The Bertz CT molecular complexity index is 274. The van der Waals surface area contributed by atoms with Crippen LogP contribution in [-0.4, -0.2) is 30.5 Å². The van der Waals surface area contributed by atoms with Gasteiger partial charge in [0.05, 0.1) is 5.01 Å². The van der Waals surface area contributed by atoms with Gasteiger partial charge in [0, 0.05) is 38.0 Å². The topological polar surface area (TPSA) is 54.0 Å². The molecule has 0 atom stereocenters. The number of hydrogen-bond acceptors (Lipinski definition) is 4. The highest BCUT2D eigenvalue weighted by atomic mass is 32.1. The maximum Gasteiger partial charge on any atom is 0.216 e. The minimum absolute atomic E-state index is 0.0396. The largest absolute Gasteiger partial charge is 0.356 e. The van der Waals surface area contributed by atoms with Crippen molar-refractivity contribution in [3.63, 3.8) is 0 Å². The fourth-order valence-corrected chi connectivity index (χ4v) is 1.79. The van der Waals surface area contributed by atoms with Crippen molar-refractivity contribution >= 4 is 17.2 Å². The van der Waals surface area contributed by atoms with E-state index in [9.17, 15) is 4.79 Å². The number of amides is 1. The van der Waals surface area contributed by atoms with E-state index < -0.39 is 0 Å². The van der Waals surface area contributed by atoms with E-state index in [-0.39, 0.29) is 5.91 Å². The van der Waals surface area contributed by atoms with Gasteiger partial charge >= 0.3 is 0 Å². The van der Waals surface area contributed by atoms with Crippen molar-refractivity contribution in [2.45, 2.75) is 19.8 Å². The van der Waals surface area contributed by atoms with Crippen molar-refractivity contribution in [2.75, 3.05) is 19.6 Å². The average Bonchev–Trinajstić information content (AvgIpc) is 2.68. The predicted molar refractivity (Wildman–Crippen MR) is 62.0 cm³/mol. The highest BCUT2D eigenvalue weighted by Gasteiger charge is 1.94. The maximum atomic E-state index is 10.5. The molecular formula is C10H17N3OS. The summed E-state index contributed by atoms with van der Waals surface area (Å²) < 4.78 is 0. The van der Waals surface area contributed by atoms with Crippen LogP contribution in [0.1, 0.15) is 18.4 Å². The van der Waals surface area contributed by atoms with E-state index in [0.717, 1.165) is 32.5 Å². The molecule has 0 radical (unpaired) electrons. The maximum absolute atomic E-state index is 10.5. The summed E-state index contributed by atoms with van der Waals surface area (Å²) in [6.07, 6.45) is 3.78. The van der Waals surface area contributed by atoms with E-state index in [4.69, 9.17) is 0 Å². The lowest BCUT2D eigenvalue weighted by molar-refractivity contribution is -0.118. The number of carbonyl (C=O) groups is 1. The van der Waals surface area contributed by atoms with Gasteiger partial charge in [-0.25, -0.2) is 4.98 Å². The molecule has 0 aliphatic heterocycles. The van der Waals surface area contributed by atoms with Gasteiger partial charge in [-0.1, -0.05) is 0 Å². The molecule has 0 aliphatic rings. The van der Waals surface area contributed by atoms with Crippen LogP contribution < -0.4 is 10.6 Å². The Morgan fingerprint density at radius 1 is 1.47 bits per heavy atom.